The van der Waals surface area contributed by atoms with Crippen LogP contribution >= 0.6 is 11.6 Å². The summed E-state index contributed by atoms with van der Waals surface area (Å²) in [5.74, 6) is 1.44. The van der Waals surface area contributed by atoms with Crippen LogP contribution in [0.15, 0.2) is 35.1 Å². The topological polar surface area (TPSA) is 88.3 Å². The largest absolute Gasteiger partial charge is 0.441 e. The second-order valence-electron chi connectivity index (χ2n) is 10.7. The van der Waals surface area contributed by atoms with Crippen molar-refractivity contribution in [2.24, 2.45) is 5.92 Å². The van der Waals surface area contributed by atoms with Gasteiger partial charge in [-0.25, -0.2) is 15.0 Å². The molecule has 208 valence electrons. The first-order valence-corrected chi connectivity index (χ1v) is 13.2. The van der Waals surface area contributed by atoms with Gasteiger partial charge in [0.25, 0.3) is 0 Å². The van der Waals surface area contributed by atoms with Crippen LogP contribution in [0.3, 0.4) is 0 Å². The molecule has 2 aliphatic heterocycles. The van der Waals surface area contributed by atoms with Crippen molar-refractivity contribution in [1.82, 2.24) is 20.0 Å². The Hall–Kier alpha value is -3.31. The van der Waals surface area contributed by atoms with Gasteiger partial charge in [-0.15, -0.1) is 5.06 Å². The number of anilines is 3. The summed E-state index contributed by atoms with van der Waals surface area (Å²) >= 11 is 6.46. The van der Waals surface area contributed by atoms with Gasteiger partial charge in [0.05, 0.1) is 22.7 Å². The fourth-order valence-corrected chi connectivity index (χ4v) is 4.71. The maximum atomic E-state index is 13.2. The van der Waals surface area contributed by atoms with Crippen molar-refractivity contribution in [3.8, 4) is 5.75 Å². The van der Waals surface area contributed by atoms with E-state index >= 15 is 0 Å². The highest BCUT2D eigenvalue weighted by molar-refractivity contribution is 6.32. The van der Waals surface area contributed by atoms with Gasteiger partial charge in [-0.3, -0.25) is 0 Å². The van der Waals surface area contributed by atoms with Gasteiger partial charge < -0.3 is 19.9 Å². The maximum absolute atomic E-state index is 13.2. The molecule has 2 aromatic heterocycles. The van der Waals surface area contributed by atoms with Crippen LogP contribution in [0.4, 0.5) is 30.5 Å². The molecule has 0 amide bonds. The Bertz CT molecular complexity index is 1370. The smallest absolute Gasteiger partial charge is 0.393 e. The Morgan fingerprint density at radius 3 is 2.72 bits per heavy atom. The average molecular weight is 563 g/mol. The molecule has 39 heavy (non-hydrogen) atoms. The molecule has 1 saturated heterocycles. The highest BCUT2D eigenvalue weighted by atomic mass is 35.5. The number of fused-ring (bicyclic) bond motifs is 1. The molecule has 0 saturated carbocycles. The third kappa shape index (κ3) is 6.30. The lowest BCUT2D eigenvalue weighted by atomic mass is 9.94. The van der Waals surface area contributed by atoms with Gasteiger partial charge in [0.2, 0.25) is 5.89 Å². The van der Waals surface area contributed by atoms with Gasteiger partial charge in [0.1, 0.15) is 23.7 Å². The number of nitrogens with zero attached hydrogens (tertiary/aromatic N) is 4. The van der Waals surface area contributed by atoms with Gasteiger partial charge in [-0.1, -0.05) is 32.4 Å². The summed E-state index contributed by atoms with van der Waals surface area (Å²) in [6.45, 7) is 7.03. The molecule has 2 N–H and O–H groups in total. The predicted molar refractivity (Wildman–Crippen MR) is 144 cm³/mol. The summed E-state index contributed by atoms with van der Waals surface area (Å²) in [5.41, 5.74) is 2.12. The first kappa shape index (κ1) is 27.3. The van der Waals surface area contributed by atoms with Gasteiger partial charge in [0.15, 0.2) is 5.75 Å². The van der Waals surface area contributed by atoms with Crippen molar-refractivity contribution >= 4 is 40.6 Å². The molecular formula is C27H30ClF3N6O2. The van der Waals surface area contributed by atoms with Crippen LogP contribution in [-0.4, -0.2) is 45.8 Å². The first-order chi connectivity index (χ1) is 18.5. The molecule has 1 aromatic carbocycles. The van der Waals surface area contributed by atoms with E-state index in [1.165, 1.54) is 11.4 Å². The number of oxazole rings is 1. The van der Waals surface area contributed by atoms with Crippen LogP contribution in [0.25, 0.3) is 11.6 Å². The quantitative estimate of drug-likeness (QED) is 0.341. The first-order valence-electron chi connectivity index (χ1n) is 12.8. The van der Waals surface area contributed by atoms with Crippen molar-refractivity contribution in [2.45, 2.75) is 51.6 Å². The van der Waals surface area contributed by atoms with Crippen LogP contribution < -0.4 is 15.5 Å². The van der Waals surface area contributed by atoms with Gasteiger partial charge in [0, 0.05) is 36.3 Å². The maximum Gasteiger partial charge on any atom is 0.393 e. The number of piperidine rings is 1. The third-order valence-electron chi connectivity index (χ3n) is 6.68. The number of benzene rings is 1. The summed E-state index contributed by atoms with van der Waals surface area (Å²) in [6.07, 6.45) is 2.11. The molecular weight excluding hydrogens is 533 g/mol. The summed E-state index contributed by atoms with van der Waals surface area (Å²) in [5, 5.41) is 8.18. The third-order valence-corrected chi connectivity index (χ3v) is 6.97. The molecule has 0 aliphatic carbocycles. The van der Waals surface area contributed by atoms with E-state index in [4.69, 9.17) is 20.9 Å². The number of rotatable bonds is 5. The highest BCUT2D eigenvalue weighted by Crippen LogP contribution is 2.37. The molecule has 1 atom stereocenters. The van der Waals surface area contributed by atoms with E-state index in [0.29, 0.717) is 49.1 Å². The van der Waals surface area contributed by atoms with E-state index in [1.54, 1.807) is 24.4 Å². The minimum atomic E-state index is -4.25. The molecule has 1 unspecified atom stereocenters. The number of alkyl halides is 3. The number of aromatic nitrogens is 3. The minimum Gasteiger partial charge on any atom is -0.441 e. The fraction of sp³-hybridized carbons (Fsp3) is 0.444. The van der Waals surface area contributed by atoms with Crippen molar-refractivity contribution in [1.29, 1.82) is 0 Å². The lowest BCUT2D eigenvalue weighted by Crippen LogP contribution is -2.43. The SMILES string of the molecule is CC(C)(C)c1cnc(C2=Cc3c(ncnc3Nc3ccc(ON4CCCC(C(F)(F)F)C4)c(Cl)c3)NCC2)o1. The lowest BCUT2D eigenvalue weighted by Gasteiger charge is -2.33. The summed E-state index contributed by atoms with van der Waals surface area (Å²) in [4.78, 5) is 19.0. The predicted octanol–water partition coefficient (Wildman–Crippen LogP) is 7.08. The van der Waals surface area contributed by atoms with E-state index in [0.717, 1.165) is 16.9 Å². The molecule has 0 spiro atoms. The average Bonchev–Trinajstić information content (AvgIpc) is 3.27. The summed E-state index contributed by atoms with van der Waals surface area (Å²) in [6, 6.07) is 5.01. The van der Waals surface area contributed by atoms with Gasteiger partial charge in [-0.05, 0) is 43.5 Å². The zero-order valence-electron chi connectivity index (χ0n) is 21.9. The Balaban J connectivity index is 1.35. The second-order valence-corrected chi connectivity index (χ2v) is 11.1. The van der Waals surface area contributed by atoms with E-state index in [2.05, 4.69) is 46.4 Å². The molecule has 0 bridgehead atoms. The molecule has 2 aliphatic rings. The number of halogens is 4. The van der Waals surface area contributed by atoms with Gasteiger partial charge >= 0.3 is 6.18 Å². The monoisotopic (exact) mass is 562 g/mol. The van der Waals surface area contributed by atoms with Crippen LogP contribution in [0, 0.1) is 5.92 Å². The molecule has 12 heteroatoms. The van der Waals surface area contributed by atoms with Crippen molar-refractivity contribution in [3.63, 3.8) is 0 Å². The number of hydroxylamine groups is 2. The van der Waals surface area contributed by atoms with Crippen molar-refractivity contribution in [2.75, 3.05) is 30.3 Å². The van der Waals surface area contributed by atoms with Crippen LogP contribution in [0.2, 0.25) is 5.02 Å². The van der Waals surface area contributed by atoms with Crippen LogP contribution in [-0.2, 0) is 5.41 Å². The van der Waals surface area contributed by atoms with Crippen LogP contribution in [0.5, 0.6) is 5.75 Å². The zero-order valence-corrected chi connectivity index (χ0v) is 22.7. The summed E-state index contributed by atoms with van der Waals surface area (Å²) in [7, 11) is 0. The molecule has 4 heterocycles. The summed E-state index contributed by atoms with van der Waals surface area (Å²) < 4.78 is 45.6. The van der Waals surface area contributed by atoms with E-state index in [-0.39, 0.29) is 29.2 Å². The second kappa shape index (κ2) is 10.7. The number of hydrogen-bond acceptors (Lipinski definition) is 8. The molecule has 3 aromatic rings. The normalized spacial score (nSPS) is 18.5. The Morgan fingerprint density at radius 2 is 2.00 bits per heavy atom. The molecule has 0 radical (unpaired) electrons. The Labute approximate surface area is 229 Å². The lowest BCUT2D eigenvalue weighted by molar-refractivity contribution is -0.210. The molecule has 1 fully saturated rings. The van der Waals surface area contributed by atoms with E-state index < -0.39 is 12.1 Å². The Morgan fingerprint density at radius 1 is 1.18 bits per heavy atom. The van der Waals surface area contributed by atoms with Crippen LogP contribution in [0.1, 0.15) is 57.2 Å². The van der Waals surface area contributed by atoms with E-state index in [1.807, 2.05) is 6.08 Å². The van der Waals surface area contributed by atoms with Gasteiger partial charge in [-0.2, -0.15) is 13.2 Å². The highest BCUT2D eigenvalue weighted by Gasteiger charge is 2.42. The standard InChI is InChI=1S/C27H30ClF3N6O2/c1-26(2,3)22-13-33-25(38-22)16-8-9-32-23-19(11-16)24(35-15-34-23)36-18-6-7-21(20(28)12-18)39-37-10-4-5-17(14-37)27(29,30)31/h6-7,11-13,15,17H,4-5,8-10,14H2,1-3H3,(H2,32,34,35,36). The number of hydrogen-bond donors (Lipinski definition) is 2. The van der Waals surface area contributed by atoms with Crippen molar-refractivity contribution < 1.29 is 22.4 Å². The minimum absolute atomic E-state index is 0.0992. The molecule has 5 rings (SSSR count). The Kier molecular flexibility index (Phi) is 7.47. The van der Waals surface area contributed by atoms with E-state index in [9.17, 15) is 13.2 Å². The van der Waals surface area contributed by atoms with Crippen molar-refractivity contribution in [3.05, 3.63) is 53.0 Å². The zero-order chi connectivity index (χ0) is 27.8. The fourth-order valence-electron chi connectivity index (χ4n) is 4.49. The number of nitrogens with one attached hydrogen (secondary N) is 2. The molecule has 8 nitrogen and oxygen atoms in total.